The number of benzene rings is 1. The topological polar surface area (TPSA) is 63.1 Å². The molecule has 0 radical (unpaired) electrons. The molecule has 0 amide bonds. The minimum atomic E-state index is -0.911. The van der Waals surface area contributed by atoms with E-state index in [2.05, 4.69) is 9.97 Å². The number of aromatic nitrogens is 2. The van der Waals surface area contributed by atoms with Crippen LogP contribution in [0.3, 0.4) is 0 Å². The van der Waals surface area contributed by atoms with Crippen LogP contribution < -0.4 is 0 Å². The number of carbonyl (C=O) groups is 1. The first kappa shape index (κ1) is 14.5. The van der Waals surface area contributed by atoms with Crippen molar-refractivity contribution >= 4 is 17.6 Å². The van der Waals surface area contributed by atoms with Crippen molar-refractivity contribution in [2.24, 2.45) is 0 Å². The van der Waals surface area contributed by atoms with E-state index in [4.69, 9.17) is 11.6 Å². The predicted molar refractivity (Wildman–Crippen MR) is 76.9 cm³/mol. The van der Waals surface area contributed by atoms with Gasteiger partial charge in [-0.3, -0.25) is 4.79 Å². The van der Waals surface area contributed by atoms with E-state index in [0.29, 0.717) is 17.1 Å². The van der Waals surface area contributed by atoms with Crippen molar-refractivity contribution in [1.82, 2.24) is 9.97 Å². The summed E-state index contributed by atoms with van der Waals surface area (Å²) in [5.41, 5.74) is 2.16. The molecular weight excluding hydrogens is 276 g/mol. The van der Waals surface area contributed by atoms with Gasteiger partial charge in [-0.2, -0.15) is 0 Å². The lowest BCUT2D eigenvalue weighted by atomic mass is 9.95. The number of aliphatic carboxylic acids is 1. The number of halogens is 1. The maximum absolute atomic E-state index is 11.5. The van der Waals surface area contributed by atoms with Crippen LogP contribution in [0.4, 0.5) is 0 Å². The molecule has 0 fully saturated rings. The Balaban J connectivity index is 2.32. The van der Waals surface area contributed by atoms with E-state index in [1.165, 1.54) is 6.33 Å². The van der Waals surface area contributed by atoms with Crippen LogP contribution >= 0.6 is 11.6 Å². The molecule has 1 aromatic heterocycles. The zero-order valence-corrected chi connectivity index (χ0v) is 11.8. The van der Waals surface area contributed by atoms with Crippen LogP contribution in [0.1, 0.15) is 29.8 Å². The van der Waals surface area contributed by atoms with Crippen molar-refractivity contribution in [3.05, 3.63) is 58.6 Å². The van der Waals surface area contributed by atoms with Crippen molar-refractivity contribution in [3.63, 3.8) is 0 Å². The first-order valence-electron chi connectivity index (χ1n) is 6.38. The summed E-state index contributed by atoms with van der Waals surface area (Å²) in [6, 6.07) is 9.00. The smallest absolute Gasteiger partial charge is 0.312 e. The number of nitrogens with zero attached hydrogens (tertiary/aromatic N) is 2. The van der Waals surface area contributed by atoms with E-state index >= 15 is 0 Å². The van der Waals surface area contributed by atoms with Gasteiger partial charge in [0.2, 0.25) is 0 Å². The minimum Gasteiger partial charge on any atom is -0.481 e. The third-order valence-corrected chi connectivity index (χ3v) is 3.51. The number of carboxylic acid groups (broad SMARTS) is 1. The lowest BCUT2D eigenvalue weighted by molar-refractivity contribution is -0.138. The van der Waals surface area contributed by atoms with Crippen LogP contribution in [-0.2, 0) is 17.6 Å². The second-order valence-electron chi connectivity index (χ2n) is 4.47. The van der Waals surface area contributed by atoms with Crippen molar-refractivity contribution in [3.8, 4) is 0 Å². The number of carboxylic acids is 1. The Kier molecular flexibility index (Phi) is 4.69. The second-order valence-corrected chi connectivity index (χ2v) is 4.88. The Morgan fingerprint density at radius 2 is 2.10 bits per heavy atom. The molecule has 1 aromatic carbocycles. The highest BCUT2D eigenvalue weighted by Crippen LogP contribution is 2.24. The van der Waals surface area contributed by atoms with E-state index in [1.807, 2.05) is 25.1 Å². The van der Waals surface area contributed by atoms with Gasteiger partial charge in [-0.15, -0.1) is 0 Å². The molecule has 1 unspecified atom stereocenters. The van der Waals surface area contributed by atoms with Crippen LogP contribution in [-0.4, -0.2) is 21.0 Å². The van der Waals surface area contributed by atoms with Gasteiger partial charge in [-0.05, 0) is 30.5 Å². The van der Waals surface area contributed by atoms with E-state index in [1.54, 1.807) is 12.1 Å². The molecule has 0 spiro atoms. The largest absolute Gasteiger partial charge is 0.481 e. The Bertz CT molecular complexity index is 616. The summed E-state index contributed by atoms with van der Waals surface area (Å²) in [7, 11) is 0. The van der Waals surface area contributed by atoms with Gasteiger partial charge in [0.25, 0.3) is 0 Å². The maximum Gasteiger partial charge on any atom is 0.312 e. The Hall–Kier alpha value is -1.94. The number of rotatable bonds is 5. The molecule has 4 nitrogen and oxygen atoms in total. The molecule has 20 heavy (non-hydrogen) atoms. The fourth-order valence-electron chi connectivity index (χ4n) is 2.00. The van der Waals surface area contributed by atoms with Gasteiger partial charge < -0.3 is 5.11 Å². The van der Waals surface area contributed by atoms with Gasteiger partial charge in [0.05, 0.1) is 5.69 Å². The van der Waals surface area contributed by atoms with Gasteiger partial charge in [-0.1, -0.05) is 36.7 Å². The fourth-order valence-corrected chi connectivity index (χ4v) is 2.21. The van der Waals surface area contributed by atoms with Crippen molar-refractivity contribution in [2.45, 2.75) is 25.7 Å². The third-order valence-electron chi connectivity index (χ3n) is 3.14. The number of hydrogen-bond donors (Lipinski definition) is 1. The molecule has 1 atom stereocenters. The number of hydrogen-bond acceptors (Lipinski definition) is 3. The molecule has 0 aliphatic rings. The average molecular weight is 291 g/mol. The highest BCUT2D eigenvalue weighted by molar-refractivity contribution is 6.31. The van der Waals surface area contributed by atoms with E-state index in [0.717, 1.165) is 17.7 Å². The second kappa shape index (κ2) is 6.48. The van der Waals surface area contributed by atoms with Crippen LogP contribution in [0.15, 0.2) is 36.7 Å². The van der Waals surface area contributed by atoms with Gasteiger partial charge in [0.15, 0.2) is 0 Å². The summed E-state index contributed by atoms with van der Waals surface area (Å²) in [5.74, 6) is -1.63. The molecular formula is C15H15ClN2O2. The molecule has 2 aromatic rings. The Morgan fingerprint density at radius 1 is 1.35 bits per heavy atom. The van der Waals surface area contributed by atoms with Crippen LogP contribution in [0.2, 0.25) is 5.02 Å². The molecule has 1 N–H and O–H groups in total. The number of aryl methyl sites for hydroxylation is 1. The lowest BCUT2D eigenvalue weighted by Gasteiger charge is -2.13. The van der Waals surface area contributed by atoms with Gasteiger partial charge in [0, 0.05) is 10.7 Å². The van der Waals surface area contributed by atoms with E-state index < -0.39 is 11.9 Å². The molecule has 0 bridgehead atoms. The predicted octanol–water partition coefficient (Wildman–Crippen LogP) is 3.10. The SMILES string of the molecule is CCc1cc(C(Cc2ccccc2Cl)C(=O)O)ncn1. The van der Waals surface area contributed by atoms with E-state index in [-0.39, 0.29) is 0 Å². The normalized spacial score (nSPS) is 12.1. The van der Waals surface area contributed by atoms with Crippen LogP contribution in [0.25, 0.3) is 0 Å². The maximum atomic E-state index is 11.5. The molecule has 0 aliphatic carbocycles. The van der Waals surface area contributed by atoms with Crippen molar-refractivity contribution < 1.29 is 9.90 Å². The quantitative estimate of drug-likeness (QED) is 0.919. The van der Waals surface area contributed by atoms with E-state index in [9.17, 15) is 9.90 Å². The summed E-state index contributed by atoms with van der Waals surface area (Å²) in [6.07, 6.45) is 2.47. The zero-order valence-electron chi connectivity index (χ0n) is 11.1. The Labute approximate surface area is 122 Å². The summed E-state index contributed by atoms with van der Waals surface area (Å²) in [6.45, 7) is 1.97. The molecule has 0 saturated carbocycles. The molecule has 1 heterocycles. The molecule has 5 heteroatoms. The highest BCUT2D eigenvalue weighted by Gasteiger charge is 2.23. The summed E-state index contributed by atoms with van der Waals surface area (Å²) < 4.78 is 0. The minimum absolute atomic E-state index is 0.315. The first-order valence-corrected chi connectivity index (χ1v) is 6.76. The van der Waals surface area contributed by atoms with Crippen LogP contribution in [0, 0.1) is 0 Å². The summed E-state index contributed by atoms with van der Waals surface area (Å²) in [5, 5.41) is 10.0. The van der Waals surface area contributed by atoms with Gasteiger partial charge >= 0.3 is 5.97 Å². The average Bonchev–Trinajstić information content (AvgIpc) is 2.46. The Morgan fingerprint density at radius 3 is 2.75 bits per heavy atom. The van der Waals surface area contributed by atoms with Crippen LogP contribution in [0.5, 0.6) is 0 Å². The monoisotopic (exact) mass is 290 g/mol. The van der Waals surface area contributed by atoms with Crippen molar-refractivity contribution in [1.29, 1.82) is 0 Å². The van der Waals surface area contributed by atoms with Crippen molar-refractivity contribution in [2.75, 3.05) is 0 Å². The first-order chi connectivity index (χ1) is 9.61. The fraction of sp³-hybridized carbons (Fsp3) is 0.267. The molecule has 0 saturated heterocycles. The lowest BCUT2D eigenvalue weighted by Crippen LogP contribution is -2.16. The van der Waals surface area contributed by atoms with Gasteiger partial charge in [0.1, 0.15) is 12.2 Å². The molecule has 2 rings (SSSR count). The standard InChI is InChI=1S/C15H15ClN2O2/c1-2-11-8-14(18-9-17-11)12(15(19)20)7-10-5-3-4-6-13(10)16/h3-6,8-9,12H,2,7H2,1H3,(H,19,20). The summed E-state index contributed by atoms with van der Waals surface area (Å²) in [4.78, 5) is 19.7. The van der Waals surface area contributed by atoms with Gasteiger partial charge in [-0.25, -0.2) is 9.97 Å². The third kappa shape index (κ3) is 3.33. The molecule has 104 valence electrons. The summed E-state index contributed by atoms with van der Waals surface area (Å²) >= 11 is 6.09. The molecule has 0 aliphatic heterocycles. The highest BCUT2D eigenvalue weighted by atomic mass is 35.5. The zero-order chi connectivity index (χ0) is 14.5.